The second-order valence-corrected chi connectivity index (χ2v) is 10.7. The molecule has 2 aliphatic heterocycles. The van der Waals surface area contributed by atoms with E-state index in [1.165, 1.54) is 6.20 Å². The maximum Gasteiger partial charge on any atom is 0.252 e. The van der Waals surface area contributed by atoms with Gasteiger partial charge in [0.1, 0.15) is 12.4 Å². The molecule has 40 heavy (non-hydrogen) atoms. The van der Waals surface area contributed by atoms with Crippen LogP contribution in [-0.4, -0.2) is 86.5 Å². The highest BCUT2D eigenvalue weighted by Gasteiger charge is 2.32. The Bertz CT molecular complexity index is 1540. The summed E-state index contributed by atoms with van der Waals surface area (Å²) in [5.41, 5.74) is 9.12. The standard InChI is InChI=1S/C27H30ClN9O3/c1-17-12-35(24-3-2-20(28)10-30-24)15-22(17)33-26-21(27(29)39)11-32-37-14-18(8-23(26)37)19-9-31-36(13-19)16-25(38)34-4-6-40-7-5-34/h2-3,8-11,13-14,17,22,33H,4-7,12,15-16H2,1H3,(H2,29,39)/t17-,22+/m0/s1. The van der Waals surface area contributed by atoms with Gasteiger partial charge in [0.25, 0.3) is 5.91 Å². The van der Waals surface area contributed by atoms with E-state index in [0.717, 1.165) is 29.0 Å². The molecule has 2 atom stereocenters. The van der Waals surface area contributed by atoms with Gasteiger partial charge in [0.15, 0.2) is 0 Å². The number of carbonyl (C=O) groups excluding carboxylic acids is 2. The molecule has 2 saturated heterocycles. The quantitative estimate of drug-likeness (QED) is 0.349. The fraction of sp³-hybridized carbons (Fsp3) is 0.370. The van der Waals surface area contributed by atoms with Crippen molar-refractivity contribution in [3.63, 3.8) is 0 Å². The number of hydrogen-bond donors (Lipinski definition) is 2. The molecular formula is C27H30ClN9O3. The van der Waals surface area contributed by atoms with Crippen molar-refractivity contribution < 1.29 is 14.3 Å². The summed E-state index contributed by atoms with van der Waals surface area (Å²) < 4.78 is 8.69. The van der Waals surface area contributed by atoms with E-state index in [-0.39, 0.29) is 24.4 Å². The zero-order chi connectivity index (χ0) is 27.8. The molecule has 208 valence electrons. The fourth-order valence-corrected chi connectivity index (χ4v) is 5.40. The molecule has 0 aromatic carbocycles. The fourth-order valence-electron chi connectivity index (χ4n) is 5.29. The zero-order valence-electron chi connectivity index (χ0n) is 22.0. The van der Waals surface area contributed by atoms with E-state index in [4.69, 9.17) is 22.1 Å². The van der Waals surface area contributed by atoms with E-state index >= 15 is 0 Å². The van der Waals surface area contributed by atoms with E-state index < -0.39 is 5.91 Å². The van der Waals surface area contributed by atoms with E-state index in [1.54, 1.807) is 26.5 Å². The number of rotatable bonds is 7. The molecule has 6 rings (SSSR count). The van der Waals surface area contributed by atoms with E-state index in [2.05, 4.69) is 32.3 Å². The molecule has 4 aromatic heterocycles. The molecule has 0 saturated carbocycles. The zero-order valence-corrected chi connectivity index (χ0v) is 22.8. The molecule has 3 N–H and O–H groups in total. The van der Waals surface area contributed by atoms with Gasteiger partial charge >= 0.3 is 0 Å². The van der Waals surface area contributed by atoms with Crippen LogP contribution in [0.5, 0.6) is 0 Å². The third-order valence-electron chi connectivity index (χ3n) is 7.51. The molecule has 2 aliphatic rings. The predicted octanol–water partition coefficient (Wildman–Crippen LogP) is 2.14. The van der Waals surface area contributed by atoms with E-state index in [1.807, 2.05) is 30.6 Å². The summed E-state index contributed by atoms with van der Waals surface area (Å²) in [7, 11) is 0. The summed E-state index contributed by atoms with van der Waals surface area (Å²) >= 11 is 6.02. The summed E-state index contributed by atoms with van der Waals surface area (Å²) in [5, 5.41) is 13.0. The average Bonchev–Trinajstić information content (AvgIpc) is 3.68. The number of carbonyl (C=O) groups is 2. The van der Waals surface area contributed by atoms with Crippen LogP contribution in [0.4, 0.5) is 11.5 Å². The number of anilines is 2. The highest BCUT2D eigenvalue weighted by atomic mass is 35.5. The van der Waals surface area contributed by atoms with Crippen LogP contribution >= 0.6 is 11.6 Å². The van der Waals surface area contributed by atoms with Crippen molar-refractivity contribution in [2.75, 3.05) is 49.6 Å². The van der Waals surface area contributed by atoms with Gasteiger partial charge in [-0.2, -0.15) is 10.2 Å². The third kappa shape index (κ3) is 5.19. The summed E-state index contributed by atoms with van der Waals surface area (Å²) in [6.45, 7) is 6.10. The number of amides is 2. The van der Waals surface area contributed by atoms with Gasteiger partial charge in [-0.3, -0.25) is 14.3 Å². The second-order valence-electron chi connectivity index (χ2n) is 10.2. The minimum atomic E-state index is -0.559. The Labute approximate surface area is 235 Å². The average molecular weight is 564 g/mol. The van der Waals surface area contributed by atoms with Crippen molar-refractivity contribution in [1.82, 2.24) is 29.3 Å². The normalized spacial score (nSPS) is 19.4. The largest absolute Gasteiger partial charge is 0.378 e. The SMILES string of the molecule is C[C@H]1CN(c2ccc(Cl)cn2)C[C@H]1Nc1c(C(N)=O)cnn2cc(-c3cnn(CC(=O)N4CCOCC4)c3)cc12. The van der Waals surface area contributed by atoms with Crippen LogP contribution in [0, 0.1) is 5.92 Å². The molecule has 0 spiro atoms. The number of primary amides is 1. The minimum absolute atomic E-state index is 0.00720. The molecule has 12 nitrogen and oxygen atoms in total. The topological polar surface area (TPSA) is 136 Å². The molecule has 0 radical (unpaired) electrons. The van der Waals surface area contributed by atoms with Crippen molar-refractivity contribution in [2.45, 2.75) is 19.5 Å². The van der Waals surface area contributed by atoms with Gasteiger partial charge in [-0.15, -0.1) is 0 Å². The lowest BCUT2D eigenvalue weighted by Gasteiger charge is -2.26. The van der Waals surface area contributed by atoms with Gasteiger partial charge in [0, 0.05) is 61.9 Å². The monoisotopic (exact) mass is 563 g/mol. The first-order valence-corrected chi connectivity index (χ1v) is 13.6. The van der Waals surface area contributed by atoms with Crippen LogP contribution in [-0.2, 0) is 16.1 Å². The first-order valence-electron chi connectivity index (χ1n) is 13.2. The first kappa shape index (κ1) is 26.1. The van der Waals surface area contributed by atoms with Crippen LogP contribution in [0.15, 0.2) is 49.2 Å². The van der Waals surface area contributed by atoms with Crippen LogP contribution in [0.1, 0.15) is 17.3 Å². The Balaban J connectivity index is 1.25. The van der Waals surface area contributed by atoms with Gasteiger partial charge in [-0.1, -0.05) is 18.5 Å². The summed E-state index contributed by atoms with van der Waals surface area (Å²) in [6, 6.07) is 5.72. The van der Waals surface area contributed by atoms with Crippen LogP contribution in [0.25, 0.3) is 16.6 Å². The number of morpholine rings is 1. The second kappa shape index (κ2) is 10.8. The Kier molecular flexibility index (Phi) is 7.03. The number of pyridine rings is 1. The van der Waals surface area contributed by atoms with Crippen LogP contribution in [0.3, 0.4) is 0 Å². The summed E-state index contributed by atoms with van der Waals surface area (Å²) in [5.74, 6) is 0.567. The van der Waals surface area contributed by atoms with Gasteiger partial charge in [-0.05, 0) is 24.1 Å². The third-order valence-corrected chi connectivity index (χ3v) is 7.73. The van der Waals surface area contributed by atoms with Crippen molar-refractivity contribution in [3.8, 4) is 11.1 Å². The lowest BCUT2D eigenvalue weighted by Crippen LogP contribution is -2.42. The molecule has 13 heteroatoms. The smallest absolute Gasteiger partial charge is 0.252 e. The number of halogens is 1. The minimum Gasteiger partial charge on any atom is -0.378 e. The lowest BCUT2D eigenvalue weighted by atomic mass is 10.1. The molecule has 0 aliphatic carbocycles. The maximum absolute atomic E-state index is 12.7. The molecule has 4 aromatic rings. The number of nitrogens with zero attached hydrogens (tertiary/aromatic N) is 7. The number of nitrogens with one attached hydrogen (secondary N) is 1. The van der Waals surface area contributed by atoms with Crippen LogP contribution in [0.2, 0.25) is 5.02 Å². The van der Waals surface area contributed by atoms with Gasteiger partial charge < -0.3 is 25.6 Å². The number of ether oxygens (including phenoxy) is 1. The maximum atomic E-state index is 12.7. The molecule has 2 fully saturated rings. The number of aromatic nitrogens is 5. The Hall–Kier alpha value is -4.16. The van der Waals surface area contributed by atoms with E-state index in [0.29, 0.717) is 49.1 Å². The first-order chi connectivity index (χ1) is 19.4. The van der Waals surface area contributed by atoms with Gasteiger partial charge in [-0.25, -0.2) is 9.50 Å². The summed E-state index contributed by atoms with van der Waals surface area (Å²) in [4.78, 5) is 33.5. The van der Waals surface area contributed by atoms with Gasteiger partial charge in [0.2, 0.25) is 5.91 Å². The highest BCUT2D eigenvalue weighted by Crippen LogP contribution is 2.32. The molecule has 6 heterocycles. The number of nitrogens with two attached hydrogens (primary N) is 1. The van der Waals surface area contributed by atoms with Crippen molar-refractivity contribution in [1.29, 1.82) is 0 Å². The molecular weight excluding hydrogens is 534 g/mol. The summed E-state index contributed by atoms with van der Waals surface area (Å²) in [6.07, 6.45) is 8.57. The van der Waals surface area contributed by atoms with Gasteiger partial charge in [0.05, 0.1) is 47.4 Å². The number of fused-ring (bicyclic) bond motifs is 1. The molecule has 0 unspecified atom stereocenters. The van der Waals surface area contributed by atoms with Crippen LogP contribution < -0.4 is 16.0 Å². The predicted molar refractivity (Wildman–Crippen MR) is 150 cm³/mol. The number of hydrogen-bond acceptors (Lipinski definition) is 8. The van der Waals surface area contributed by atoms with Crippen molar-refractivity contribution in [3.05, 3.63) is 59.8 Å². The molecule has 0 bridgehead atoms. The Morgan fingerprint density at radius 1 is 1.10 bits per heavy atom. The highest BCUT2D eigenvalue weighted by molar-refractivity contribution is 6.30. The lowest BCUT2D eigenvalue weighted by molar-refractivity contribution is -0.136. The Morgan fingerprint density at radius 2 is 1.93 bits per heavy atom. The van der Waals surface area contributed by atoms with E-state index in [9.17, 15) is 9.59 Å². The Morgan fingerprint density at radius 3 is 2.67 bits per heavy atom. The van der Waals surface area contributed by atoms with Crippen molar-refractivity contribution in [2.24, 2.45) is 11.7 Å². The molecule has 2 amide bonds. The van der Waals surface area contributed by atoms with Crippen molar-refractivity contribution >= 4 is 40.4 Å².